The van der Waals surface area contributed by atoms with Crippen molar-refractivity contribution in [2.75, 3.05) is 23.7 Å². The first-order chi connectivity index (χ1) is 10.9. The SMILES string of the molecule is CS(=O)(=O)N1CCc2cc(C(=O)NC3CCCC3CN)ccc21. The van der Waals surface area contributed by atoms with Gasteiger partial charge in [0.1, 0.15) is 0 Å². The fourth-order valence-corrected chi connectivity index (χ4v) is 4.58. The molecule has 6 nitrogen and oxygen atoms in total. The zero-order chi connectivity index (χ0) is 16.6. The molecule has 23 heavy (non-hydrogen) atoms. The second kappa shape index (κ2) is 6.13. The molecule has 1 saturated carbocycles. The highest BCUT2D eigenvalue weighted by atomic mass is 32.2. The summed E-state index contributed by atoms with van der Waals surface area (Å²) in [5.74, 6) is 0.255. The number of benzene rings is 1. The minimum atomic E-state index is -3.26. The minimum Gasteiger partial charge on any atom is -0.349 e. The lowest BCUT2D eigenvalue weighted by molar-refractivity contribution is 0.0928. The van der Waals surface area contributed by atoms with Crippen molar-refractivity contribution in [3.8, 4) is 0 Å². The van der Waals surface area contributed by atoms with E-state index in [1.807, 2.05) is 6.07 Å². The molecule has 0 aromatic heterocycles. The van der Waals surface area contributed by atoms with E-state index in [9.17, 15) is 13.2 Å². The molecule has 3 rings (SSSR count). The Bertz CT molecular complexity index is 717. The predicted molar refractivity (Wildman–Crippen MR) is 90.0 cm³/mol. The highest BCUT2D eigenvalue weighted by Gasteiger charge is 2.29. The van der Waals surface area contributed by atoms with E-state index in [2.05, 4.69) is 5.32 Å². The Morgan fingerprint density at radius 2 is 2.17 bits per heavy atom. The summed E-state index contributed by atoms with van der Waals surface area (Å²) >= 11 is 0. The molecular formula is C16H23N3O3S. The van der Waals surface area contributed by atoms with Gasteiger partial charge in [-0.3, -0.25) is 9.10 Å². The number of carbonyl (C=O) groups excluding carboxylic acids is 1. The first-order valence-corrected chi connectivity index (χ1v) is 9.86. The summed E-state index contributed by atoms with van der Waals surface area (Å²) in [4.78, 5) is 12.5. The summed E-state index contributed by atoms with van der Waals surface area (Å²) in [6.07, 6.45) is 4.98. The van der Waals surface area contributed by atoms with Gasteiger partial charge in [0.2, 0.25) is 10.0 Å². The summed E-state index contributed by atoms with van der Waals surface area (Å²) < 4.78 is 24.9. The van der Waals surface area contributed by atoms with Crippen LogP contribution in [0, 0.1) is 5.92 Å². The molecule has 126 valence electrons. The summed E-state index contributed by atoms with van der Waals surface area (Å²) in [6.45, 7) is 1.04. The van der Waals surface area contributed by atoms with Crippen molar-refractivity contribution >= 4 is 21.6 Å². The zero-order valence-electron chi connectivity index (χ0n) is 13.3. The minimum absolute atomic E-state index is 0.101. The van der Waals surface area contributed by atoms with Crippen molar-refractivity contribution in [3.63, 3.8) is 0 Å². The number of carbonyl (C=O) groups is 1. The lowest BCUT2D eigenvalue weighted by Crippen LogP contribution is -2.39. The Labute approximate surface area is 137 Å². The van der Waals surface area contributed by atoms with Crippen molar-refractivity contribution in [1.82, 2.24) is 5.32 Å². The molecule has 2 unspecified atom stereocenters. The van der Waals surface area contributed by atoms with Crippen LogP contribution in [0.5, 0.6) is 0 Å². The van der Waals surface area contributed by atoms with Gasteiger partial charge in [0.25, 0.3) is 5.91 Å². The van der Waals surface area contributed by atoms with Gasteiger partial charge in [-0.25, -0.2) is 8.42 Å². The number of sulfonamides is 1. The Hall–Kier alpha value is -1.60. The molecule has 1 aromatic carbocycles. The van der Waals surface area contributed by atoms with E-state index in [0.717, 1.165) is 24.8 Å². The van der Waals surface area contributed by atoms with Crippen LogP contribution in [0.4, 0.5) is 5.69 Å². The number of fused-ring (bicyclic) bond motifs is 1. The van der Waals surface area contributed by atoms with Gasteiger partial charge in [-0.1, -0.05) is 6.42 Å². The smallest absolute Gasteiger partial charge is 0.251 e. The van der Waals surface area contributed by atoms with Crippen molar-refractivity contribution < 1.29 is 13.2 Å². The molecule has 1 aliphatic heterocycles. The molecule has 3 N–H and O–H groups in total. The summed E-state index contributed by atoms with van der Waals surface area (Å²) in [5, 5.41) is 3.08. The third-order valence-electron chi connectivity index (χ3n) is 4.87. The first-order valence-electron chi connectivity index (χ1n) is 8.01. The summed E-state index contributed by atoms with van der Waals surface area (Å²) in [6, 6.07) is 5.38. The van der Waals surface area contributed by atoms with Gasteiger partial charge in [-0.15, -0.1) is 0 Å². The molecule has 2 atom stereocenters. The Morgan fingerprint density at radius 1 is 1.39 bits per heavy atom. The predicted octanol–water partition coefficient (Wildman–Crippen LogP) is 0.866. The van der Waals surface area contributed by atoms with E-state index in [4.69, 9.17) is 5.73 Å². The van der Waals surface area contributed by atoms with Gasteiger partial charge in [0.15, 0.2) is 0 Å². The van der Waals surface area contributed by atoms with Crippen LogP contribution >= 0.6 is 0 Å². The number of nitrogens with one attached hydrogen (secondary N) is 1. The van der Waals surface area contributed by atoms with Crippen LogP contribution in [0.25, 0.3) is 0 Å². The highest BCUT2D eigenvalue weighted by Crippen LogP contribution is 2.31. The van der Waals surface area contributed by atoms with Crippen molar-refractivity contribution in [3.05, 3.63) is 29.3 Å². The first kappa shape index (κ1) is 16.3. The normalized spacial score (nSPS) is 23.8. The Balaban J connectivity index is 1.76. The monoisotopic (exact) mass is 337 g/mol. The van der Waals surface area contributed by atoms with Crippen LogP contribution in [0.15, 0.2) is 18.2 Å². The second-order valence-corrected chi connectivity index (χ2v) is 8.34. The molecule has 7 heteroatoms. The number of anilines is 1. The van der Waals surface area contributed by atoms with E-state index in [1.165, 1.54) is 10.6 Å². The van der Waals surface area contributed by atoms with Crippen LogP contribution in [0.2, 0.25) is 0 Å². The number of hydrogen-bond donors (Lipinski definition) is 2. The zero-order valence-corrected chi connectivity index (χ0v) is 14.1. The third-order valence-corrected chi connectivity index (χ3v) is 6.05. The Morgan fingerprint density at radius 3 is 2.87 bits per heavy atom. The van der Waals surface area contributed by atoms with E-state index < -0.39 is 10.0 Å². The van der Waals surface area contributed by atoms with E-state index in [0.29, 0.717) is 36.7 Å². The lowest BCUT2D eigenvalue weighted by Gasteiger charge is -2.20. The molecule has 0 saturated heterocycles. The number of nitrogens with zero attached hydrogens (tertiary/aromatic N) is 1. The van der Waals surface area contributed by atoms with Crippen LogP contribution in [0.3, 0.4) is 0 Å². The molecule has 0 bridgehead atoms. The number of amides is 1. The fourth-order valence-electron chi connectivity index (χ4n) is 3.62. The maximum Gasteiger partial charge on any atom is 0.251 e. The molecule has 0 radical (unpaired) electrons. The molecule has 1 amide bonds. The van der Waals surface area contributed by atoms with E-state index in [-0.39, 0.29) is 11.9 Å². The second-order valence-electron chi connectivity index (χ2n) is 6.44. The van der Waals surface area contributed by atoms with Crippen LogP contribution in [-0.4, -0.2) is 39.7 Å². The molecule has 1 aliphatic carbocycles. The van der Waals surface area contributed by atoms with Crippen molar-refractivity contribution in [1.29, 1.82) is 0 Å². The maximum absolute atomic E-state index is 12.5. The number of nitrogens with two attached hydrogens (primary N) is 1. The van der Waals surface area contributed by atoms with Gasteiger partial charge in [0, 0.05) is 18.2 Å². The summed E-state index contributed by atoms with van der Waals surface area (Å²) in [5.41, 5.74) is 7.93. The van der Waals surface area contributed by atoms with Crippen LogP contribution in [-0.2, 0) is 16.4 Å². The van der Waals surface area contributed by atoms with Crippen molar-refractivity contribution in [2.45, 2.75) is 31.7 Å². The quantitative estimate of drug-likeness (QED) is 0.852. The van der Waals surface area contributed by atoms with E-state index in [1.54, 1.807) is 12.1 Å². The standard InChI is InChI=1S/C16H23N3O3S/c1-23(21,22)19-8-7-11-9-12(5-6-15(11)19)16(20)18-14-4-2-3-13(14)10-17/h5-6,9,13-14H,2-4,7-8,10,17H2,1H3,(H,18,20). The van der Waals surface area contributed by atoms with Gasteiger partial charge in [-0.2, -0.15) is 0 Å². The largest absolute Gasteiger partial charge is 0.349 e. The van der Waals surface area contributed by atoms with Gasteiger partial charge >= 0.3 is 0 Å². The molecule has 1 aromatic rings. The van der Waals surface area contributed by atoms with Crippen LogP contribution in [0.1, 0.15) is 35.2 Å². The molecule has 1 heterocycles. The Kier molecular flexibility index (Phi) is 4.33. The molecule has 1 fully saturated rings. The molecule has 2 aliphatic rings. The van der Waals surface area contributed by atoms with Gasteiger partial charge < -0.3 is 11.1 Å². The third kappa shape index (κ3) is 3.21. The van der Waals surface area contributed by atoms with Crippen LogP contribution < -0.4 is 15.4 Å². The molecule has 0 spiro atoms. The topological polar surface area (TPSA) is 92.5 Å². The van der Waals surface area contributed by atoms with E-state index >= 15 is 0 Å². The molecular weight excluding hydrogens is 314 g/mol. The fraction of sp³-hybridized carbons (Fsp3) is 0.562. The number of rotatable bonds is 4. The number of hydrogen-bond acceptors (Lipinski definition) is 4. The summed E-state index contributed by atoms with van der Waals surface area (Å²) in [7, 11) is -3.26. The lowest BCUT2D eigenvalue weighted by atomic mass is 10.0. The van der Waals surface area contributed by atoms with Gasteiger partial charge in [-0.05, 0) is 55.5 Å². The van der Waals surface area contributed by atoms with Gasteiger partial charge in [0.05, 0.1) is 11.9 Å². The van der Waals surface area contributed by atoms with Crippen molar-refractivity contribution in [2.24, 2.45) is 11.7 Å². The average molecular weight is 337 g/mol. The average Bonchev–Trinajstić information content (AvgIpc) is 3.11. The highest BCUT2D eigenvalue weighted by molar-refractivity contribution is 7.92. The maximum atomic E-state index is 12.5.